The Kier molecular flexibility index (Phi) is 3.77. The molecule has 0 unspecified atom stereocenters. The Balaban J connectivity index is 2.83. The van der Waals surface area contributed by atoms with Crippen molar-refractivity contribution in [1.29, 1.82) is 0 Å². The largest absolute Gasteiger partial charge is 0.325 e. The molecule has 0 saturated carbocycles. The average molecular weight is 246 g/mol. The second kappa shape index (κ2) is 4.75. The first-order valence-corrected chi connectivity index (χ1v) is 4.93. The first kappa shape index (κ1) is 13.5. The Morgan fingerprint density at radius 2 is 1.88 bits per heavy atom. The predicted molar refractivity (Wildman–Crippen MR) is 57.8 cm³/mol. The molecular formula is C11H13F3N2O. The Morgan fingerprint density at radius 3 is 2.41 bits per heavy atom. The molecule has 0 aliphatic carbocycles. The molecule has 0 aromatic heterocycles. The van der Waals surface area contributed by atoms with Gasteiger partial charge in [-0.05, 0) is 26.0 Å². The molecule has 17 heavy (non-hydrogen) atoms. The van der Waals surface area contributed by atoms with E-state index in [4.69, 9.17) is 5.73 Å². The third kappa shape index (κ3) is 3.74. The molecule has 3 nitrogen and oxygen atoms in total. The van der Waals surface area contributed by atoms with Gasteiger partial charge in [0.25, 0.3) is 0 Å². The lowest BCUT2D eigenvalue weighted by Crippen LogP contribution is -2.36. The van der Waals surface area contributed by atoms with Crippen LogP contribution >= 0.6 is 0 Å². The Hall–Kier alpha value is -1.56. The topological polar surface area (TPSA) is 55.1 Å². The molecular weight excluding hydrogens is 233 g/mol. The van der Waals surface area contributed by atoms with Gasteiger partial charge in [0.15, 0.2) is 17.5 Å². The first-order chi connectivity index (χ1) is 7.70. The summed E-state index contributed by atoms with van der Waals surface area (Å²) >= 11 is 0. The molecule has 1 aromatic carbocycles. The SMILES string of the molecule is CC(C)(N)CC(=O)Nc1ccc(F)c(F)c1F. The number of anilines is 1. The Morgan fingerprint density at radius 1 is 1.29 bits per heavy atom. The van der Waals surface area contributed by atoms with Crippen LogP contribution in [0, 0.1) is 17.5 Å². The second-order valence-electron chi connectivity index (χ2n) is 4.44. The fourth-order valence-corrected chi connectivity index (χ4v) is 1.23. The van der Waals surface area contributed by atoms with Gasteiger partial charge in [0.1, 0.15) is 0 Å². The summed E-state index contributed by atoms with van der Waals surface area (Å²) < 4.78 is 38.7. The van der Waals surface area contributed by atoms with Crippen molar-refractivity contribution in [2.45, 2.75) is 25.8 Å². The van der Waals surface area contributed by atoms with E-state index in [-0.39, 0.29) is 6.42 Å². The molecule has 1 rings (SSSR count). The summed E-state index contributed by atoms with van der Waals surface area (Å²) in [7, 11) is 0. The number of amides is 1. The predicted octanol–water partition coefficient (Wildman–Crippen LogP) is 2.17. The lowest BCUT2D eigenvalue weighted by atomic mass is 10.0. The van der Waals surface area contributed by atoms with Crippen molar-refractivity contribution in [2.75, 3.05) is 5.32 Å². The highest BCUT2D eigenvalue weighted by atomic mass is 19.2. The van der Waals surface area contributed by atoms with Crippen LogP contribution in [0.3, 0.4) is 0 Å². The summed E-state index contributed by atoms with van der Waals surface area (Å²) in [6, 6.07) is 1.69. The van der Waals surface area contributed by atoms with E-state index < -0.39 is 34.6 Å². The van der Waals surface area contributed by atoms with Crippen LogP contribution in [-0.4, -0.2) is 11.4 Å². The van der Waals surface area contributed by atoms with Crippen molar-refractivity contribution in [1.82, 2.24) is 0 Å². The number of nitrogens with two attached hydrogens (primary N) is 1. The number of hydrogen-bond acceptors (Lipinski definition) is 2. The minimum absolute atomic E-state index is 0.0641. The fourth-order valence-electron chi connectivity index (χ4n) is 1.23. The summed E-state index contributed by atoms with van der Waals surface area (Å²) in [5, 5.41) is 2.13. The number of nitrogens with one attached hydrogen (secondary N) is 1. The van der Waals surface area contributed by atoms with Crippen molar-refractivity contribution in [2.24, 2.45) is 5.73 Å². The zero-order valence-electron chi connectivity index (χ0n) is 9.48. The van der Waals surface area contributed by atoms with E-state index in [9.17, 15) is 18.0 Å². The molecule has 6 heteroatoms. The van der Waals surface area contributed by atoms with Gasteiger partial charge in [-0.1, -0.05) is 0 Å². The van der Waals surface area contributed by atoms with Gasteiger partial charge >= 0.3 is 0 Å². The molecule has 1 aromatic rings. The minimum Gasteiger partial charge on any atom is -0.325 e. The molecule has 0 atom stereocenters. The summed E-state index contributed by atoms with van der Waals surface area (Å²) in [5.74, 6) is -4.91. The van der Waals surface area contributed by atoms with E-state index >= 15 is 0 Å². The van der Waals surface area contributed by atoms with Crippen molar-refractivity contribution < 1.29 is 18.0 Å². The van der Waals surface area contributed by atoms with Gasteiger partial charge in [0.2, 0.25) is 5.91 Å². The smallest absolute Gasteiger partial charge is 0.226 e. The van der Waals surface area contributed by atoms with Gasteiger partial charge in [-0.25, -0.2) is 13.2 Å². The van der Waals surface area contributed by atoms with Gasteiger partial charge in [-0.15, -0.1) is 0 Å². The van der Waals surface area contributed by atoms with Crippen molar-refractivity contribution in [3.8, 4) is 0 Å². The van der Waals surface area contributed by atoms with E-state index in [0.29, 0.717) is 0 Å². The quantitative estimate of drug-likeness (QED) is 0.803. The van der Waals surface area contributed by atoms with Gasteiger partial charge in [0, 0.05) is 12.0 Å². The highest BCUT2D eigenvalue weighted by Gasteiger charge is 2.19. The van der Waals surface area contributed by atoms with Crippen LogP contribution in [0.25, 0.3) is 0 Å². The van der Waals surface area contributed by atoms with E-state index in [0.717, 1.165) is 12.1 Å². The first-order valence-electron chi connectivity index (χ1n) is 4.93. The van der Waals surface area contributed by atoms with E-state index in [1.54, 1.807) is 13.8 Å². The Labute approximate surface area is 96.8 Å². The van der Waals surface area contributed by atoms with E-state index in [1.165, 1.54) is 0 Å². The molecule has 3 N–H and O–H groups in total. The molecule has 0 aliphatic heterocycles. The van der Waals surface area contributed by atoms with Gasteiger partial charge < -0.3 is 11.1 Å². The number of benzene rings is 1. The standard InChI is InChI=1S/C11H13F3N2O/c1-11(2,15)5-8(17)16-7-4-3-6(12)9(13)10(7)14/h3-4H,5,15H2,1-2H3,(H,16,17). The highest BCUT2D eigenvalue weighted by molar-refractivity contribution is 5.91. The zero-order valence-corrected chi connectivity index (χ0v) is 9.48. The fraction of sp³-hybridized carbons (Fsp3) is 0.364. The molecule has 0 radical (unpaired) electrons. The van der Waals surface area contributed by atoms with Crippen LogP contribution < -0.4 is 11.1 Å². The molecule has 0 saturated heterocycles. The van der Waals surface area contributed by atoms with Crippen molar-refractivity contribution in [3.63, 3.8) is 0 Å². The highest BCUT2D eigenvalue weighted by Crippen LogP contribution is 2.20. The lowest BCUT2D eigenvalue weighted by molar-refractivity contribution is -0.117. The van der Waals surface area contributed by atoms with Crippen LogP contribution in [0.5, 0.6) is 0 Å². The summed E-state index contributed by atoms with van der Waals surface area (Å²) in [6.07, 6.45) is -0.0641. The number of halogens is 3. The average Bonchev–Trinajstić information content (AvgIpc) is 2.16. The summed E-state index contributed by atoms with van der Waals surface area (Å²) in [6.45, 7) is 3.24. The van der Waals surface area contributed by atoms with Crippen LogP contribution in [-0.2, 0) is 4.79 Å². The minimum atomic E-state index is -1.62. The molecule has 94 valence electrons. The number of rotatable bonds is 3. The number of carbonyl (C=O) groups is 1. The van der Waals surface area contributed by atoms with Crippen LogP contribution in [0.15, 0.2) is 12.1 Å². The normalized spacial score (nSPS) is 11.4. The number of carbonyl (C=O) groups excluding carboxylic acids is 1. The van der Waals surface area contributed by atoms with Crippen LogP contribution in [0.1, 0.15) is 20.3 Å². The number of hydrogen-bond donors (Lipinski definition) is 2. The second-order valence-corrected chi connectivity index (χ2v) is 4.44. The maximum atomic E-state index is 13.2. The molecule has 0 bridgehead atoms. The molecule has 0 aliphatic rings. The van der Waals surface area contributed by atoms with Gasteiger partial charge in [-0.3, -0.25) is 4.79 Å². The van der Waals surface area contributed by atoms with Gasteiger partial charge in [0.05, 0.1) is 5.69 Å². The van der Waals surface area contributed by atoms with Crippen molar-refractivity contribution in [3.05, 3.63) is 29.6 Å². The monoisotopic (exact) mass is 246 g/mol. The molecule has 0 spiro atoms. The zero-order chi connectivity index (χ0) is 13.2. The summed E-state index contributed by atoms with van der Waals surface area (Å²) in [5.41, 5.74) is 4.42. The van der Waals surface area contributed by atoms with Crippen molar-refractivity contribution >= 4 is 11.6 Å². The Bertz CT molecular complexity index is 441. The molecule has 0 fully saturated rings. The van der Waals surface area contributed by atoms with Crippen LogP contribution in [0.2, 0.25) is 0 Å². The van der Waals surface area contributed by atoms with E-state index in [1.807, 2.05) is 0 Å². The summed E-state index contributed by atoms with van der Waals surface area (Å²) in [4.78, 5) is 11.4. The van der Waals surface area contributed by atoms with Gasteiger partial charge in [-0.2, -0.15) is 0 Å². The van der Waals surface area contributed by atoms with E-state index in [2.05, 4.69) is 5.32 Å². The molecule has 0 heterocycles. The maximum absolute atomic E-state index is 13.2. The maximum Gasteiger partial charge on any atom is 0.226 e. The third-order valence-electron chi connectivity index (χ3n) is 1.93. The third-order valence-corrected chi connectivity index (χ3v) is 1.93. The lowest BCUT2D eigenvalue weighted by Gasteiger charge is -2.17. The van der Waals surface area contributed by atoms with Crippen LogP contribution in [0.4, 0.5) is 18.9 Å². The molecule has 1 amide bonds.